The third kappa shape index (κ3) is 9.19. The van der Waals surface area contributed by atoms with Crippen LogP contribution in [0.5, 0.6) is 0 Å². The number of carboxylic acid groups (broad SMARTS) is 1. The molecule has 0 radical (unpaired) electrons. The molecule has 16 heavy (non-hydrogen) atoms. The molecule has 90 valence electrons. The van der Waals surface area contributed by atoms with E-state index in [2.05, 4.69) is 18.0 Å². The molecule has 1 aromatic heterocycles. The fraction of sp³-hybridized carbons (Fsp3) is 0.538. The van der Waals surface area contributed by atoms with E-state index in [1.807, 2.05) is 33.0 Å². The Bertz CT molecular complexity index is 301. The molecule has 0 unspecified atom stereocenters. The molecule has 0 saturated heterocycles. The van der Waals surface area contributed by atoms with E-state index in [9.17, 15) is 4.79 Å². The number of pyridine rings is 1. The summed E-state index contributed by atoms with van der Waals surface area (Å²) in [6, 6.07) is 4.03. The SMILES string of the molecule is CC(C)(C)CC(=O)O.CCc1cccnc1. The first-order chi connectivity index (χ1) is 7.35. The molecule has 0 amide bonds. The van der Waals surface area contributed by atoms with Crippen LogP contribution in [0.1, 0.15) is 39.7 Å². The number of aromatic nitrogens is 1. The lowest BCUT2D eigenvalue weighted by molar-refractivity contribution is -0.139. The van der Waals surface area contributed by atoms with Crippen LogP contribution in [0.25, 0.3) is 0 Å². The van der Waals surface area contributed by atoms with Crippen LogP contribution < -0.4 is 0 Å². The minimum Gasteiger partial charge on any atom is -0.481 e. The quantitative estimate of drug-likeness (QED) is 0.837. The number of carbonyl (C=O) groups is 1. The Labute approximate surface area is 97.5 Å². The van der Waals surface area contributed by atoms with Crippen molar-refractivity contribution in [2.75, 3.05) is 0 Å². The largest absolute Gasteiger partial charge is 0.481 e. The van der Waals surface area contributed by atoms with Crippen molar-refractivity contribution in [3.63, 3.8) is 0 Å². The van der Waals surface area contributed by atoms with Crippen molar-refractivity contribution in [3.8, 4) is 0 Å². The molecule has 0 bridgehead atoms. The van der Waals surface area contributed by atoms with Crippen molar-refractivity contribution in [3.05, 3.63) is 30.1 Å². The Hall–Kier alpha value is -1.38. The zero-order valence-corrected chi connectivity index (χ0v) is 10.5. The molecule has 0 aliphatic heterocycles. The lowest BCUT2D eigenvalue weighted by Crippen LogP contribution is -2.11. The van der Waals surface area contributed by atoms with E-state index in [0.717, 1.165) is 6.42 Å². The van der Waals surface area contributed by atoms with Crippen LogP contribution in [-0.4, -0.2) is 16.1 Å². The lowest BCUT2D eigenvalue weighted by Gasteiger charge is -2.13. The highest BCUT2D eigenvalue weighted by Crippen LogP contribution is 2.17. The highest BCUT2D eigenvalue weighted by atomic mass is 16.4. The predicted octanol–water partition coefficient (Wildman–Crippen LogP) is 3.15. The molecule has 1 N–H and O–H groups in total. The zero-order valence-electron chi connectivity index (χ0n) is 10.5. The number of nitrogens with zero attached hydrogens (tertiary/aromatic N) is 1. The van der Waals surface area contributed by atoms with E-state index in [0.29, 0.717) is 0 Å². The maximum atomic E-state index is 10.0. The Morgan fingerprint density at radius 2 is 2.06 bits per heavy atom. The number of aliphatic carboxylic acids is 1. The summed E-state index contributed by atoms with van der Waals surface area (Å²) in [5.41, 5.74) is 1.22. The second kappa shape index (κ2) is 6.99. The van der Waals surface area contributed by atoms with Crippen LogP contribution in [0.2, 0.25) is 0 Å². The summed E-state index contributed by atoms with van der Waals surface area (Å²) in [7, 11) is 0. The number of hydrogen-bond acceptors (Lipinski definition) is 2. The third-order valence-corrected chi connectivity index (χ3v) is 1.81. The molecule has 0 fully saturated rings. The summed E-state index contributed by atoms with van der Waals surface area (Å²) in [6.07, 6.45) is 5.00. The average molecular weight is 223 g/mol. The minimum atomic E-state index is -0.725. The van der Waals surface area contributed by atoms with Crippen molar-refractivity contribution in [1.82, 2.24) is 4.98 Å². The van der Waals surface area contributed by atoms with Gasteiger partial charge in [0.1, 0.15) is 0 Å². The minimum absolute atomic E-state index is 0.0775. The van der Waals surface area contributed by atoms with Crippen molar-refractivity contribution >= 4 is 5.97 Å². The molecule has 3 heteroatoms. The second-order valence-corrected chi connectivity index (χ2v) is 4.85. The molecule has 0 spiro atoms. The van der Waals surface area contributed by atoms with Crippen molar-refractivity contribution in [2.24, 2.45) is 5.41 Å². The molecule has 0 aliphatic carbocycles. The molecule has 1 rings (SSSR count). The maximum absolute atomic E-state index is 10.0. The van der Waals surface area contributed by atoms with Gasteiger partial charge in [-0.2, -0.15) is 0 Å². The first-order valence-electron chi connectivity index (χ1n) is 5.46. The Kier molecular flexibility index (Phi) is 6.38. The smallest absolute Gasteiger partial charge is 0.303 e. The summed E-state index contributed by atoms with van der Waals surface area (Å²) >= 11 is 0. The van der Waals surface area contributed by atoms with E-state index >= 15 is 0 Å². The summed E-state index contributed by atoms with van der Waals surface area (Å²) in [6.45, 7) is 7.83. The molecule has 0 aromatic carbocycles. The molecule has 3 nitrogen and oxygen atoms in total. The van der Waals surface area contributed by atoms with Crippen molar-refractivity contribution in [2.45, 2.75) is 40.5 Å². The summed E-state index contributed by atoms with van der Waals surface area (Å²) in [4.78, 5) is 14.0. The van der Waals surface area contributed by atoms with Gasteiger partial charge in [-0.1, -0.05) is 33.8 Å². The van der Waals surface area contributed by atoms with Gasteiger partial charge in [-0.3, -0.25) is 9.78 Å². The Morgan fingerprint density at radius 1 is 1.44 bits per heavy atom. The highest BCUT2D eigenvalue weighted by molar-refractivity contribution is 5.67. The monoisotopic (exact) mass is 223 g/mol. The third-order valence-electron chi connectivity index (χ3n) is 1.81. The predicted molar refractivity (Wildman–Crippen MR) is 65.3 cm³/mol. The van der Waals surface area contributed by atoms with Crippen LogP contribution >= 0.6 is 0 Å². The standard InChI is InChI=1S/C7H9N.C6H12O2/c1-2-7-4-3-5-8-6-7;1-6(2,3)4-5(7)8/h3-6H,2H2,1H3;4H2,1-3H3,(H,7,8). The van der Waals surface area contributed by atoms with E-state index in [4.69, 9.17) is 5.11 Å². The molecule has 0 saturated carbocycles. The van der Waals surface area contributed by atoms with Crippen LogP contribution in [0.3, 0.4) is 0 Å². The summed E-state index contributed by atoms with van der Waals surface area (Å²) in [5, 5.41) is 8.25. The van der Waals surface area contributed by atoms with Gasteiger partial charge in [0.2, 0.25) is 0 Å². The van der Waals surface area contributed by atoms with E-state index in [1.54, 1.807) is 6.20 Å². The first kappa shape index (κ1) is 14.6. The van der Waals surface area contributed by atoms with Crippen LogP contribution in [0, 0.1) is 5.41 Å². The first-order valence-corrected chi connectivity index (χ1v) is 5.46. The second-order valence-electron chi connectivity index (χ2n) is 4.85. The van der Waals surface area contributed by atoms with Gasteiger partial charge < -0.3 is 5.11 Å². The topological polar surface area (TPSA) is 50.2 Å². The van der Waals surface area contributed by atoms with Crippen LogP contribution in [-0.2, 0) is 11.2 Å². The van der Waals surface area contributed by atoms with Gasteiger partial charge in [0, 0.05) is 12.4 Å². The number of aryl methyl sites for hydroxylation is 1. The molecule has 0 aliphatic rings. The maximum Gasteiger partial charge on any atom is 0.303 e. The molecule has 0 atom stereocenters. The van der Waals surface area contributed by atoms with E-state index in [1.165, 1.54) is 5.56 Å². The molecular formula is C13H21NO2. The Morgan fingerprint density at radius 3 is 2.25 bits per heavy atom. The zero-order chi connectivity index (χ0) is 12.6. The van der Waals surface area contributed by atoms with Crippen LogP contribution in [0.4, 0.5) is 0 Å². The fourth-order valence-electron chi connectivity index (χ4n) is 1.06. The normalized spacial score (nSPS) is 10.2. The number of rotatable bonds is 2. The van der Waals surface area contributed by atoms with Crippen molar-refractivity contribution < 1.29 is 9.90 Å². The van der Waals surface area contributed by atoms with Gasteiger partial charge in [-0.05, 0) is 23.5 Å². The molecule has 1 heterocycles. The Balaban J connectivity index is 0.000000281. The van der Waals surface area contributed by atoms with E-state index in [-0.39, 0.29) is 11.8 Å². The van der Waals surface area contributed by atoms with Gasteiger partial charge >= 0.3 is 5.97 Å². The lowest BCUT2D eigenvalue weighted by atomic mass is 9.93. The van der Waals surface area contributed by atoms with Gasteiger partial charge in [0.05, 0.1) is 6.42 Å². The van der Waals surface area contributed by atoms with Crippen molar-refractivity contribution in [1.29, 1.82) is 0 Å². The van der Waals surface area contributed by atoms with Gasteiger partial charge in [-0.15, -0.1) is 0 Å². The summed E-state index contributed by atoms with van der Waals surface area (Å²) in [5.74, 6) is -0.725. The number of carboxylic acids is 1. The highest BCUT2D eigenvalue weighted by Gasteiger charge is 2.13. The van der Waals surface area contributed by atoms with Gasteiger partial charge in [0.25, 0.3) is 0 Å². The molecular weight excluding hydrogens is 202 g/mol. The number of hydrogen-bond donors (Lipinski definition) is 1. The van der Waals surface area contributed by atoms with Gasteiger partial charge in [0.15, 0.2) is 0 Å². The fourth-order valence-corrected chi connectivity index (χ4v) is 1.06. The summed E-state index contributed by atoms with van der Waals surface area (Å²) < 4.78 is 0. The van der Waals surface area contributed by atoms with E-state index < -0.39 is 5.97 Å². The molecule has 1 aromatic rings. The average Bonchev–Trinajstić information content (AvgIpc) is 2.16. The van der Waals surface area contributed by atoms with Gasteiger partial charge in [-0.25, -0.2) is 0 Å². The van der Waals surface area contributed by atoms with Crippen LogP contribution in [0.15, 0.2) is 24.5 Å².